The second-order valence-corrected chi connectivity index (χ2v) is 3.04. The van der Waals surface area contributed by atoms with Crippen molar-refractivity contribution in [1.29, 1.82) is 0 Å². The third-order valence-corrected chi connectivity index (χ3v) is 1.50. The maximum atomic E-state index is 5.21. The van der Waals surface area contributed by atoms with Gasteiger partial charge in [-0.2, -0.15) is 0 Å². The molecule has 0 bridgehead atoms. The molecule has 2 heteroatoms. The van der Waals surface area contributed by atoms with E-state index in [2.05, 4.69) is 25.2 Å². The minimum absolute atomic E-state index is 0.827. The van der Waals surface area contributed by atoms with Crippen LogP contribution in [0.15, 0.2) is 11.6 Å². The molecule has 0 aliphatic carbocycles. The summed E-state index contributed by atoms with van der Waals surface area (Å²) in [6.45, 7) is 9.98. The van der Waals surface area contributed by atoms with Crippen LogP contribution in [0.1, 0.15) is 27.2 Å². The Morgan fingerprint density at radius 3 is 2.75 bits per heavy atom. The lowest BCUT2D eigenvalue weighted by Gasteiger charge is -2.01. The molecule has 72 valence electrons. The van der Waals surface area contributed by atoms with Crippen molar-refractivity contribution in [2.24, 2.45) is 0 Å². The molecule has 0 aromatic heterocycles. The number of rotatable bonds is 7. The molecule has 0 radical (unpaired) electrons. The van der Waals surface area contributed by atoms with Crippen LogP contribution in [0.5, 0.6) is 0 Å². The molecule has 0 aliphatic rings. The van der Waals surface area contributed by atoms with Gasteiger partial charge in [-0.3, -0.25) is 0 Å². The number of hydrogen-bond donors (Lipinski definition) is 1. The summed E-state index contributed by atoms with van der Waals surface area (Å²) in [6, 6.07) is 0. The van der Waals surface area contributed by atoms with Crippen LogP contribution in [-0.4, -0.2) is 26.3 Å². The van der Waals surface area contributed by atoms with Crippen molar-refractivity contribution in [2.75, 3.05) is 26.3 Å². The van der Waals surface area contributed by atoms with Gasteiger partial charge in [-0.15, -0.1) is 0 Å². The Kier molecular flexibility index (Phi) is 8.51. The van der Waals surface area contributed by atoms with Gasteiger partial charge in [0, 0.05) is 19.8 Å². The molecule has 0 spiro atoms. The van der Waals surface area contributed by atoms with Crippen molar-refractivity contribution < 1.29 is 4.74 Å². The fourth-order valence-corrected chi connectivity index (χ4v) is 0.822. The molecule has 2 nitrogen and oxygen atoms in total. The summed E-state index contributed by atoms with van der Waals surface area (Å²) < 4.78 is 5.21. The zero-order chi connectivity index (χ0) is 9.23. The van der Waals surface area contributed by atoms with Crippen molar-refractivity contribution in [1.82, 2.24) is 5.32 Å². The van der Waals surface area contributed by atoms with Gasteiger partial charge >= 0.3 is 0 Å². The minimum atomic E-state index is 0.827. The summed E-state index contributed by atoms with van der Waals surface area (Å²) in [5.41, 5.74) is 1.37. The summed E-state index contributed by atoms with van der Waals surface area (Å²) in [4.78, 5) is 0. The molecule has 0 rings (SSSR count). The van der Waals surface area contributed by atoms with E-state index in [9.17, 15) is 0 Å². The Hall–Kier alpha value is -0.340. The van der Waals surface area contributed by atoms with Gasteiger partial charge in [0.2, 0.25) is 0 Å². The molecular weight excluding hydrogens is 150 g/mol. The molecule has 0 aromatic carbocycles. The van der Waals surface area contributed by atoms with Gasteiger partial charge in [0.05, 0.1) is 0 Å². The minimum Gasteiger partial charge on any atom is -0.382 e. The highest BCUT2D eigenvalue weighted by molar-refractivity contribution is 4.94. The monoisotopic (exact) mass is 171 g/mol. The summed E-state index contributed by atoms with van der Waals surface area (Å²) in [5, 5.41) is 3.32. The Morgan fingerprint density at radius 2 is 2.17 bits per heavy atom. The number of hydrogen-bond acceptors (Lipinski definition) is 2. The summed E-state index contributed by atoms with van der Waals surface area (Å²) >= 11 is 0. The summed E-state index contributed by atoms with van der Waals surface area (Å²) in [6.07, 6.45) is 3.30. The van der Waals surface area contributed by atoms with Crippen LogP contribution in [0, 0.1) is 0 Å². The molecule has 0 atom stereocenters. The highest BCUT2D eigenvalue weighted by Gasteiger charge is 1.85. The van der Waals surface area contributed by atoms with E-state index in [0.29, 0.717) is 0 Å². The largest absolute Gasteiger partial charge is 0.382 e. The van der Waals surface area contributed by atoms with E-state index < -0.39 is 0 Å². The van der Waals surface area contributed by atoms with Crippen LogP contribution in [0.4, 0.5) is 0 Å². The molecule has 12 heavy (non-hydrogen) atoms. The molecule has 0 fully saturated rings. The van der Waals surface area contributed by atoms with Gasteiger partial charge in [-0.1, -0.05) is 11.6 Å². The standard InChI is InChI=1S/C10H21NO/c1-4-12-9-5-7-11-8-6-10(2)3/h6,11H,4-5,7-9H2,1-3H3. The number of allylic oxidation sites excluding steroid dienone is 1. The maximum absolute atomic E-state index is 5.21. The lowest BCUT2D eigenvalue weighted by Crippen LogP contribution is -2.16. The van der Waals surface area contributed by atoms with E-state index in [1.165, 1.54) is 5.57 Å². The Morgan fingerprint density at radius 1 is 1.42 bits per heavy atom. The lowest BCUT2D eigenvalue weighted by atomic mass is 10.3. The van der Waals surface area contributed by atoms with Crippen LogP contribution < -0.4 is 5.32 Å². The van der Waals surface area contributed by atoms with Crippen molar-refractivity contribution >= 4 is 0 Å². The Balaban J connectivity index is 2.96. The lowest BCUT2D eigenvalue weighted by molar-refractivity contribution is 0.145. The van der Waals surface area contributed by atoms with Crippen LogP contribution in [-0.2, 0) is 4.74 Å². The van der Waals surface area contributed by atoms with Crippen molar-refractivity contribution in [2.45, 2.75) is 27.2 Å². The molecule has 0 saturated heterocycles. The second kappa shape index (κ2) is 8.75. The van der Waals surface area contributed by atoms with E-state index in [1.807, 2.05) is 6.92 Å². The average Bonchev–Trinajstić information content (AvgIpc) is 2.02. The van der Waals surface area contributed by atoms with E-state index in [1.54, 1.807) is 0 Å². The zero-order valence-electron chi connectivity index (χ0n) is 8.52. The van der Waals surface area contributed by atoms with Crippen LogP contribution in [0.25, 0.3) is 0 Å². The molecular formula is C10H21NO. The average molecular weight is 171 g/mol. The van der Waals surface area contributed by atoms with Gasteiger partial charge in [0.25, 0.3) is 0 Å². The quantitative estimate of drug-likeness (QED) is 0.467. The Labute approximate surface area is 76.0 Å². The van der Waals surface area contributed by atoms with Gasteiger partial charge in [0.1, 0.15) is 0 Å². The molecule has 0 amide bonds. The van der Waals surface area contributed by atoms with Crippen LogP contribution in [0.3, 0.4) is 0 Å². The fraction of sp³-hybridized carbons (Fsp3) is 0.800. The van der Waals surface area contributed by atoms with E-state index in [0.717, 1.165) is 32.7 Å². The van der Waals surface area contributed by atoms with E-state index >= 15 is 0 Å². The van der Waals surface area contributed by atoms with Crippen molar-refractivity contribution in [3.05, 3.63) is 11.6 Å². The van der Waals surface area contributed by atoms with Crippen molar-refractivity contribution in [3.63, 3.8) is 0 Å². The fourth-order valence-electron chi connectivity index (χ4n) is 0.822. The van der Waals surface area contributed by atoms with Gasteiger partial charge in [0.15, 0.2) is 0 Å². The third kappa shape index (κ3) is 9.66. The topological polar surface area (TPSA) is 21.3 Å². The predicted molar refractivity (Wildman–Crippen MR) is 53.4 cm³/mol. The molecule has 1 N–H and O–H groups in total. The van der Waals surface area contributed by atoms with Crippen molar-refractivity contribution in [3.8, 4) is 0 Å². The zero-order valence-corrected chi connectivity index (χ0v) is 8.52. The van der Waals surface area contributed by atoms with Gasteiger partial charge in [-0.05, 0) is 33.7 Å². The summed E-state index contributed by atoms with van der Waals surface area (Å²) in [5.74, 6) is 0. The SMILES string of the molecule is CCOCCCNCC=C(C)C. The van der Waals surface area contributed by atoms with E-state index in [-0.39, 0.29) is 0 Å². The smallest absolute Gasteiger partial charge is 0.0477 e. The highest BCUT2D eigenvalue weighted by Crippen LogP contribution is 1.85. The first-order chi connectivity index (χ1) is 5.77. The summed E-state index contributed by atoms with van der Waals surface area (Å²) in [7, 11) is 0. The third-order valence-electron chi connectivity index (χ3n) is 1.50. The van der Waals surface area contributed by atoms with Gasteiger partial charge in [-0.25, -0.2) is 0 Å². The second-order valence-electron chi connectivity index (χ2n) is 3.04. The number of nitrogens with one attached hydrogen (secondary N) is 1. The molecule has 0 saturated carbocycles. The first-order valence-electron chi connectivity index (χ1n) is 4.69. The predicted octanol–water partition coefficient (Wildman–Crippen LogP) is 1.97. The van der Waals surface area contributed by atoms with Crippen LogP contribution in [0.2, 0.25) is 0 Å². The number of ether oxygens (including phenoxy) is 1. The van der Waals surface area contributed by atoms with E-state index in [4.69, 9.17) is 4.74 Å². The molecule has 0 aliphatic heterocycles. The first-order valence-corrected chi connectivity index (χ1v) is 4.69. The normalized spacial score (nSPS) is 9.92. The Bertz CT molecular complexity index is 117. The maximum Gasteiger partial charge on any atom is 0.0477 e. The molecule has 0 heterocycles. The van der Waals surface area contributed by atoms with Gasteiger partial charge < -0.3 is 10.1 Å². The molecule has 0 unspecified atom stereocenters. The highest BCUT2D eigenvalue weighted by atomic mass is 16.5. The van der Waals surface area contributed by atoms with Crippen LogP contribution >= 0.6 is 0 Å². The first kappa shape index (κ1) is 11.7. The molecule has 0 aromatic rings.